The zero-order valence-electron chi connectivity index (χ0n) is 24.4. The Bertz CT molecular complexity index is 1280. The van der Waals surface area contributed by atoms with Gasteiger partial charge in [-0.25, -0.2) is 9.59 Å². The predicted molar refractivity (Wildman–Crippen MR) is 161 cm³/mol. The van der Waals surface area contributed by atoms with Gasteiger partial charge < -0.3 is 18.9 Å². The van der Waals surface area contributed by atoms with Crippen LogP contribution in [0.1, 0.15) is 36.5 Å². The first-order valence-corrected chi connectivity index (χ1v) is 14.5. The average Bonchev–Trinajstić information content (AvgIpc) is 3.41. The van der Waals surface area contributed by atoms with Crippen molar-refractivity contribution in [1.82, 2.24) is 4.90 Å². The Hall–Kier alpha value is -4.01. The molecule has 0 aromatic heterocycles. The third-order valence-corrected chi connectivity index (χ3v) is 6.99. The van der Waals surface area contributed by atoms with E-state index >= 15 is 0 Å². The molecule has 1 aliphatic heterocycles. The molecule has 8 nitrogen and oxygen atoms in total. The summed E-state index contributed by atoms with van der Waals surface area (Å²) in [4.78, 5) is 31.3. The number of nitrogens with zero attached hydrogens (tertiary/aromatic N) is 2. The molecule has 3 aromatic rings. The van der Waals surface area contributed by atoms with E-state index < -0.39 is 18.2 Å². The molecule has 1 aliphatic rings. The molecule has 8 heteroatoms. The molecule has 0 radical (unpaired) electrons. The van der Waals surface area contributed by atoms with E-state index in [1.165, 1.54) is 6.21 Å². The molecule has 1 heterocycles. The topological polar surface area (TPSA) is 86.7 Å². The number of carbonyl (C=O) groups is 2. The molecule has 222 valence electrons. The summed E-state index contributed by atoms with van der Waals surface area (Å²) in [5.41, 5.74) is 2.91. The van der Waals surface area contributed by atoms with Crippen molar-refractivity contribution in [3.63, 3.8) is 0 Å². The minimum absolute atomic E-state index is 0.194. The summed E-state index contributed by atoms with van der Waals surface area (Å²) in [5, 5.41) is 0. The Morgan fingerprint density at radius 3 is 2.29 bits per heavy atom. The highest BCUT2D eigenvalue weighted by molar-refractivity contribution is 6.23. The van der Waals surface area contributed by atoms with Crippen LogP contribution in [-0.4, -0.2) is 61.6 Å². The maximum Gasteiger partial charge on any atom is 0.351 e. The minimum atomic E-state index is -0.793. The standard InChI is InChI=1S/C34H40N2O6/c1-26(12-11-19-35-20-32(37)40-23-28-14-5-3-6-15-28)21-36-22-30(25-39-31-18-10-9-13-27(31)2)42-33(36)34(38)41-24-29-16-7-4-8-17-29/h3-10,13-18,20,26,30,33H,11-12,19,21-25H2,1-2H3/b35-20+. The van der Waals surface area contributed by atoms with Crippen LogP contribution in [0.3, 0.4) is 0 Å². The summed E-state index contributed by atoms with van der Waals surface area (Å²) < 4.78 is 23.0. The molecule has 0 saturated carbocycles. The molecule has 3 atom stereocenters. The first kappa shape index (κ1) is 30.9. The first-order chi connectivity index (χ1) is 20.5. The van der Waals surface area contributed by atoms with Crippen molar-refractivity contribution in [2.45, 2.75) is 52.2 Å². The van der Waals surface area contributed by atoms with Gasteiger partial charge in [-0.3, -0.25) is 9.89 Å². The molecule has 0 amide bonds. The Kier molecular flexibility index (Phi) is 12.1. The lowest BCUT2D eigenvalue weighted by atomic mass is 10.0. The maximum atomic E-state index is 13.1. The van der Waals surface area contributed by atoms with Gasteiger partial charge in [-0.15, -0.1) is 0 Å². The summed E-state index contributed by atoms with van der Waals surface area (Å²) in [6, 6.07) is 27.0. The minimum Gasteiger partial charge on any atom is -0.491 e. The summed E-state index contributed by atoms with van der Waals surface area (Å²) in [7, 11) is 0. The van der Waals surface area contributed by atoms with Crippen LogP contribution >= 0.6 is 0 Å². The van der Waals surface area contributed by atoms with Crippen LogP contribution in [0, 0.1) is 12.8 Å². The number of rotatable bonds is 15. The fourth-order valence-electron chi connectivity index (χ4n) is 4.76. The summed E-state index contributed by atoms with van der Waals surface area (Å²) >= 11 is 0. The first-order valence-electron chi connectivity index (χ1n) is 14.5. The van der Waals surface area contributed by atoms with Gasteiger partial charge in [0.05, 0.1) is 0 Å². The number of esters is 2. The van der Waals surface area contributed by atoms with Crippen molar-refractivity contribution in [1.29, 1.82) is 0 Å². The number of hydrogen-bond acceptors (Lipinski definition) is 8. The van der Waals surface area contributed by atoms with Gasteiger partial charge in [0.25, 0.3) is 0 Å². The largest absolute Gasteiger partial charge is 0.491 e. The monoisotopic (exact) mass is 572 g/mol. The zero-order valence-corrected chi connectivity index (χ0v) is 24.4. The smallest absolute Gasteiger partial charge is 0.351 e. The Labute approximate surface area is 248 Å². The lowest BCUT2D eigenvalue weighted by Crippen LogP contribution is -2.40. The number of ether oxygens (including phenoxy) is 4. The van der Waals surface area contributed by atoms with Gasteiger partial charge in [0.2, 0.25) is 6.23 Å². The van der Waals surface area contributed by atoms with Gasteiger partial charge in [0, 0.05) is 19.6 Å². The summed E-state index contributed by atoms with van der Waals surface area (Å²) in [6.45, 7) is 6.65. The highest BCUT2D eigenvalue weighted by atomic mass is 16.6. The number of aryl methyl sites for hydroxylation is 1. The van der Waals surface area contributed by atoms with Gasteiger partial charge in [-0.1, -0.05) is 85.8 Å². The van der Waals surface area contributed by atoms with E-state index in [2.05, 4.69) is 11.9 Å². The van der Waals surface area contributed by atoms with Crippen LogP contribution in [0.5, 0.6) is 5.75 Å². The second-order valence-electron chi connectivity index (χ2n) is 10.6. The van der Waals surface area contributed by atoms with E-state index in [9.17, 15) is 9.59 Å². The van der Waals surface area contributed by atoms with E-state index in [1.54, 1.807) is 0 Å². The molecule has 0 spiro atoms. The Morgan fingerprint density at radius 1 is 0.952 bits per heavy atom. The molecule has 3 aromatic carbocycles. The van der Waals surface area contributed by atoms with Gasteiger partial charge in [-0.2, -0.15) is 0 Å². The van der Waals surface area contributed by atoms with Crippen LogP contribution in [0.15, 0.2) is 89.9 Å². The number of benzene rings is 3. The zero-order chi connectivity index (χ0) is 29.6. The summed E-state index contributed by atoms with van der Waals surface area (Å²) in [5.74, 6) is 0.231. The normalized spacial score (nSPS) is 17.7. The van der Waals surface area contributed by atoms with E-state index in [1.807, 2.05) is 96.8 Å². The van der Waals surface area contributed by atoms with E-state index in [0.29, 0.717) is 26.2 Å². The highest BCUT2D eigenvalue weighted by Gasteiger charge is 2.39. The van der Waals surface area contributed by atoms with Crippen molar-refractivity contribution < 1.29 is 28.5 Å². The third kappa shape index (κ3) is 10.1. The van der Waals surface area contributed by atoms with Crippen molar-refractivity contribution in [3.8, 4) is 5.75 Å². The number of hydrogen-bond donors (Lipinski definition) is 0. The van der Waals surface area contributed by atoms with Crippen LogP contribution in [-0.2, 0) is 37.0 Å². The third-order valence-electron chi connectivity index (χ3n) is 6.99. The lowest BCUT2D eigenvalue weighted by Gasteiger charge is -2.24. The van der Waals surface area contributed by atoms with Gasteiger partial charge in [0.1, 0.15) is 37.9 Å². The SMILES string of the molecule is Cc1ccccc1OCC1CN(CC(C)CCC/N=C/C(=O)OCc2ccccc2)C(C(=O)OCc2ccccc2)O1. The van der Waals surface area contributed by atoms with Crippen molar-refractivity contribution in [2.24, 2.45) is 10.9 Å². The highest BCUT2D eigenvalue weighted by Crippen LogP contribution is 2.23. The van der Waals surface area contributed by atoms with E-state index in [0.717, 1.165) is 35.3 Å². The van der Waals surface area contributed by atoms with E-state index in [-0.39, 0.29) is 25.2 Å². The molecule has 0 aliphatic carbocycles. The molecule has 4 rings (SSSR count). The maximum absolute atomic E-state index is 13.1. The molecule has 0 bridgehead atoms. The molecule has 0 N–H and O–H groups in total. The Morgan fingerprint density at radius 2 is 1.60 bits per heavy atom. The van der Waals surface area contributed by atoms with Crippen LogP contribution < -0.4 is 4.74 Å². The van der Waals surface area contributed by atoms with Crippen molar-refractivity contribution >= 4 is 18.2 Å². The van der Waals surface area contributed by atoms with Crippen LogP contribution in [0.2, 0.25) is 0 Å². The second kappa shape index (κ2) is 16.4. The van der Waals surface area contributed by atoms with E-state index in [4.69, 9.17) is 18.9 Å². The molecule has 1 saturated heterocycles. The van der Waals surface area contributed by atoms with Gasteiger partial charge in [0.15, 0.2) is 0 Å². The van der Waals surface area contributed by atoms with Gasteiger partial charge in [-0.05, 0) is 48.4 Å². The lowest BCUT2D eigenvalue weighted by molar-refractivity contribution is -0.166. The van der Waals surface area contributed by atoms with Crippen LogP contribution in [0.4, 0.5) is 0 Å². The molecule has 42 heavy (non-hydrogen) atoms. The number of carbonyl (C=O) groups excluding carboxylic acids is 2. The van der Waals surface area contributed by atoms with Gasteiger partial charge >= 0.3 is 11.9 Å². The summed E-state index contributed by atoms with van der Waals surface area (Å²) in [6.07, 6.45) is 1.88. The van der Waals surface area contributed by atoms with Crippen LogP contribution in [0.25, 0.3) is 0 Å². The average molecular weight is 573 g/mol. The van der Waals surface area contributed by atoms with Crippen molar-refractivity contribution in [3.05, 3.63) is 102 Å². The fourth-order valence-corrected chi connectivity index (χ4v) is 4.76. The molecule has 1 fully saturated rings. The van der Waals surface area contributed by atoms with Crippen molar-refractivity contribution in [2.75, 3.05) is 26.2 Å². The predicted octanol–water partition coefficient (Wildman–Crippen LogP) is 5.37. The molecular formula is C34H40N2O6. The second-order valence-corrected chi connectivity index (χ2v) is 10.6. The molecular weight excluding hydrogens is 532 g/mol. The Balaban J connectivity index is 1.24. The number of aliphatic imine (C=N–C) groups is 1. The molecule has 3 unspecified atom stereocenters. The number of para-hydroxylation sites is 1. The quantitative estimate of drug-likeness (QED) is 0.137. The fraction of sp³-hybridized carbons (Fsp3) is 0.382.